The molecule has 3 aromatic rings. The van der Waals surface area contributed by atoms with Crippen molar-refractivity contribution in [2.45, 2.75) is 43.4 Å². The number of benzene rings is 2. The SMILES string of the molecule is CCCOc1c(Cl)cc(C(C)(C)c2ccc(OCc3ncsc3S(C)(=O)=O)cc2)cc1C#N. The van der Waals surface area contributed by atoms with Gasteiger partial charge in [0.05, 0.1) is 22.7 Å². The van der Waals surface area contributed by atoms with Crippen molar-refractivity contribution in [2.24, 2.45) is 0 Å². The van der Waals surface area contributed by atoms with Crippen LogP contribution in [-0.4, -0.2) is 26.3 Å². The number of rotatable bonds is 9. The van der Waals surface area contributed by atoms with E-state index >= 15 is 0 Å². The van der Waals surface area contributed by atoms with E-state index < -0.39 is 15.3 Å². The van der Waals surface area contributed by atoms with Gasteiger partial charge in [0.25, 0.3) is 0 Å². The summed E-state index contributed by atoms with van der Waals surface area (Å²) < 4.78 is 35.3. The third kappa shape index (κ3) is 5.67. The van der Waals surface area contributed by atoms with Gasteiger partial charge in [-0.3, -0.25) is 0 Å². The largest absolute Gasteiger partial charge is 0.491 e. The molecule has 174 valence electrons. The highest BCUT2D eigenvalue weighted by molar-refractivity contribution is 7.92. The first-order chi connectivity index (χ1) is 15.6. The molecule has 0 spiro atoms. The van der Waals surface area contributed by atoms with E-state index in [1.807, 2.05) is 43.3 Å². The zero-order chi connectivity index (χ0) is 24.2. The predicted octanol–water partition coefficient (Wildman–Crippen LogP) is 5.77. The van der Waals surface area contributed by atoms with Gasteiger partial charge in [-0.25, -0.2) is 13.4 Å². The second kappa shape index (κ2) is 10.1. The van der Waals surface area contributed by atoms with Crippen molar-refractivity contribution in [3.05, 3.63) is 69.3 Å². The monoisotopic (exact) mass is 504 g/mol. The lowest BCUT2D eigenvalue weighted by Gasteiger charge is -2.27. The molecule has 0 radical (unpaired) electrons. The van der Waals surface area contributed by atoms with Crippen LogP contribution in [0.2, 0.25) is 5.02 Å². The van der Waals surface area contributed by atoms with Crippen molar-refractivity contribution in [2.75, 3.05) is 12.9 Å². The van der Waals surface area contributed by atoms with Gasteiger partial charge in [0.2, 0.25) is 0 Å². The standard InChI is InChI=1S/C24H25ClN2O4S2/c1-5-10-30-22-16(13-26)11-18(12-20(22)25)24(2,3)17-6-8-19(9-7-17)31-14-21-23(32-15-27-21)33(4,28)29/h6-9,11-12,15H,5,10,14H2,1-4H3. The molecule has 33 heavy (non-hydrogen) atoms. The number of aromatic nitrogens is 1. The van der Waals surface area contributed by atoms with Crippen LogP contribution in [0, 0.1) is 11.3 Å². The van der Waals surface area contributed by atoms with Crippen LogP contribution in [0.4, 0.5) is 0 Å². The highest BCUT2D eigenvalue weighted by Crippen LogP contribution is 2.38. The van der Waals surface area contributed by atoms with Crippen molar-refractivity contribution in [1.82, 2.24) is 4.98 Å². The van der Waals surface area contributed by atoms with Crippen LogP contribution in [0.5, 0.6) is 11.5 Å². The molecule has 1 aromatic heterocycles. The molecular formula is C24H25ClN2O4S2. The van der Waals surface area contributed by atoms with Crippen LogP contribution in [-0.2, 0) is 21.9 Å². The topological polar surface area (TPSA) is 89.3 Å². The fraction of sp³-hybridized carbons (Fsp3) is 0.333. The van der Waals surface area contributed by atoms with Crippen molar-refractivity contribution in [1.29, 1.82) is 5.26 Å². The van der Waals surface area contributed by atoms with Gasteiger partial charge in [0, 0.05) is 11.7 Å². The molecule has 0 saturated heterocycles. The van der Waals surface area contributed by atoms with Gasteiger partial charge in [-0.2, -0.15) is 5.26 Å². The number of sulfone groups is 1. The van der Waals surface area contributed by atoms with Gasteiger partial charge in [-0.15, -0.1) is 11.3 Å². The van der Waals surface area contributed by atoms with E-state index in [1.54, 1.807) is 0 Å². The smallest absolute Gasteiger partial charge is 0.186 e. The fourth-order valence-electron chi connectivity index (χ4n) is 3.33. The zero-order valence-electron chi connectivity index (χ0n) is 18.9. The maximum atomic E-state index is 11.8. The first-order valence-electron chi connectivity index (χ1n) is 10.3. The van der Waals surface area contributed by atoms with Crippen LogP contribution in [0.1, 0.15) is 49.6 Å². The molecule has 0 unspecified atom stereocenters. The molecule has 0 bridgehead atoms. The molecule has 6 nitrogen and oxygen atoms in total. The van der Waals surface area contributed by atoms with Crippen molar-refractivity contribution >= 4 is 32.8 Å². The summed E-state index contributed by atoms with van der Waals surface area (Å²) in [6.45, 7) is 6.65. The second-order valence-electron chi connectivity index (χ2n) is 8.09. The molecule has 0 N–H and O–H groups in total. The number of ether oxygens (including phenoxy) is 2. The minimum atomic E-state index is -3.34. The van der Waals surface area contributed by atoms with Gasteiger partial charge < -0.3 is 9.47 Å². The molecule has 0 saturated carbocycles. The first-order valence-corrected chi connectivity index (χ1v) is 13.5. The lowest BCUT2D eigenvalue weighted by atomic mass is 9.77. The summed E-state index contributed by atoms with van der Waals surface area (Å²) in [5, 5.41) is 10.0. The van der Waals surface area contributed by atoms with Crippen molar-refractivity contribution in [3.8, 4) is 17.6 Å². The Bertz CT molecular complexity index is 1280. The van der Waals surface area contributed by atoms with E-state index in [9.17, 15) is 13.7 Å². The highest BCUT2D eigenvalue weighted by atomic mass is 35.5. The number of halogens is 1. The van der Waals surface area contributed by atoms with Crippen LogP contribution in [0.15, 0.2) is 46.1 Å². The quantitative estimate of drug-likeness (QED) is 0.367. The fourth-order valence-corrected chi connectivity index (χ4v) is 5.50. The van der Waals surface area contributed by atoms with Gasteiger partial charge in [0.15, 0.2) is 15.6 Å². The number of nitriles is 1. The average Bonchev–Trinajstić information content (AvgIpc) is 3.26. The molecular weight excluding hydrogens is 480 g/mol. The Balaban J connectivity index is 1.81. The third-order valence-electron chi connectivity index (χ3n) is 5.23. The highest BCUT2D eigenvalue weighted by Gasteiger charge is 2.26. The molecule has 0 fully saturated rings. The lowest BCUT2D eigenvalue weighted by Crippen LogP contribution is -2.19. The van der Waals surface area contributed by atoms with Gasteiger partial charge >= 0.3 is 0 Å². The van der Waals surface area contributed by atoms with E-state index in [0.29, 0.717) is 34.4 Å². The van der Waals surface area contributed by atoms with E-state index in [2.05, 4.69) is 24.9 Å². The van der Waals surface area contributed by atoms with Crippen LogP contribution in [0.3, 0.4) is 0 Å². The Hall–Kier alpha value is -2.60. The normalized spacial score (nSPS) is 11.8. The summed E-state index contributed by atoms with van der Waals surface area (Å²) >= 11 is 7.54. The summed E-state index contributed by atoms with van der Waals surface area (Å²) in [4.78, 5) is 4.11. The number of hydrogen-bond acceptors (Lipinski definition) is 7. The minimum absolute atomic E-state index is 0.0645. The van der Waals surface area contributed by atoms with Crippen LogP contribution < -0.4 is 9.47 Å². The summed E-state index contributed by atoms with van der Waals surface area (Å²) in [7, 11) is -3.34. The second-order valence-corrected chi connectivity index (χ2v) is 11.6. The number of nitrogens with zero attached hydrogens (tertiary/aromatic N) is 2. The van der Waals surface area contributed by atoms with E-state index in [4.69, 9.17) is 21.1 Å². The minimum Gasteiger partial charge on any atom is -0.491 e. The molecule has 2 aromatic carbocycles. The van der Waals surface area contributed by atoms with Crippen molar-refractivity contribution in [3.63, 3.8) is 0 Å². The predicted molar refractivity (Wildman–Crippen MR) is 130 cm³/mol. The molecule has 0 aliphatic carbocycles. The maximum Gasteiger partial charge on any atom is 0.186 e. The Morgan fingerprint density at radius 2 is 1.85 bits per heavy atom. The molecule has 3 rings (SSSR count). The Morgan fingerprint density at radius 1 is 1.15 bits per heavy atom. The van der Waals surface area contributed by atoms with Gasteiger partial charge in [-0.05, 0) is 41.8 Å². The summed E-state index contributed by atoms with van der Waals surface area (Å²) in [5.41, 5.74) is 3.76. The van der Waals surface area contributed by atoms with Crippen LogP contribution in [0.25, 0.3) is 0 Å². The third-order valence-corrected chi connectivity index (χ3v) is 8.28. The summed E-state index contributed by atoms with van der Waals surface area (Å²) in [6, 6.07) is 13.4. The Labute approximate surface area is 203 Å². The Kier molecular flexibility index (Phi) is 7.68. The van der Waals surface area contributed by atoms with E-state index in [0.717, 1.165) is 35.1 Å². The molecule has 0 aliphatic heterocycles. The van der Waals surface area contributed by atoms with Crippen LogP contribution >= 0.6 is 22.9 Å². The molecule has 0 amide bonds. The summed E-state index contributed by atoms with van der Waals surface area (Å²) in [6.07, 6.45) is 1.98. The average molecular weight is 505 g/mol. The van der Waals surface area contributed by atoms with E-state index in [1.165, 1.54) is 5.51 Å². The van der Waals surface area contributed by atoms with Gasteiger partial charge in [0.1, 0.15) is 28.3 Å². The zero-order valence-corrected chi connectivity index (χ0v) is 21.3. The first kappa shape index (κ1) is 25.0. The maximum absolute atomic E-state index is 11.8. The molecule has 9 heteroatoms. The number of hydrogen-bond donors (Lipinski definition) is 0. The number of thiazole rings is 1. The molecule has 0 atom stereocenters. The van der Waals surface area contributed by atoms with Gasteiger partial charge in [-0.1, -0.05) is 44.5 Å². The summed E-state index contributed by atoms with van der Waals surface area (Å²) in [5.74, 6) is 1.01. The van der Waals surface area contributed by atoms with Crippen molar-refractivity contribution < 1.29 is 17.9 Å². The Morgan fingerprint density at radius 3 is 2.45 bits per heavy atom. The van der Waals surface area contributed by atoms with E-state index in [-0.39, 0.29) is 10.8 Å². The molecule has 0 aliphatic rings. The lowest BCUT2D eigenvalue weighted by molar-refractivity contribution is 0.299. The molecule has 1 heterocycles.